The van der Waals surface area contributed by atoms with E-state index < -0.39 is 5.41 Å². The van der Waals surface area contributed by atoms with E-state index in [2.05, 4.69) is 47.3 Å². The highest BCUT2D eigenvalue weighted by atomic mass is 16.5. The Labute approximate surface area is 237 Å². The number of amides is 1. The Morgan fingerprint density at radius 3 is 2.58 bits per heavy atom. The lowest BCUT2D eigenvalue weighted by atomic mass is 9.43. The third kappa shape index (κ3) is 4.60. The molecular weight excluding hydrogens is 500 g/mol. The van der Waals surface area contributed by atoms with Gasteiger partial charge in [-0.25, -0.2) is 9.97 Å². The molecule has 7 heteroatoms. The first-order valence-corrected chi connectivity index (χ1v) is 15.3. The topological polar surface area (TPSA) is 76.6 Å². The van der Waals surface area contributed by atoms with Crippen molar-refractivity contribution in [1.29, 1.82) is 0 Å². The second-order valence-electron chi connectivity index (χ2n) is 13.7. The number of carbonyl (C=O) groups excluding carboxylic acids is 1. The van der Waals surface area contributed by atoms with E-state index in [-0.39, 0.29) is 17.4 Å². The van der Waals surface area contributed by atoms with E-state index >= 15 is 0 Å². The van der Waals surface area contributed by atoms with Crippen molar-refractivity contribution in [3.63, 3.8) is 0 Å². The van der Waals surface area contributed by atoms with Crippen molar-refractivity contribution in [2.75, 3.05) is 11.9 Å². The van der Waals surface area contributed by atoms with Crippen LogP contribution in [0, 0.1) is 28.6 Å². The van der Waals surface area contributed by atoms with Crippen LogP contribution in [0.1, 0.15) is 82.9 Å². The minimum atomic E-state index is -0.423. The summed E-state index contributed by atoms with van der Waals surface area (Å²) < 4.78 is 11.4. The normalized spacial score (nSPS) is 31.5. The smallest absolute Gasteiger partial charge is 0.231 e. The molecule has 212 valence electrons. The van der Waals surface area contributed by atoms with Gasteiger partial charge in [0.2, 0.25) is 5.91 Å². The summed E-state index contributed by atoms with van der Waals surface area (Å²) in [4.78, 5) is 25.7. The van der Waals surface area contributed by atoms with Crippen molar-refractivity contribution in [2.45, 2.75) is 90.6 Å². The molecule has 1 unspecified atom stereocenters. The Morgan fingerprint density at radius 1 is 1.12 bits per heavy atom. The van der Waals surface area contributed by atoms with Gasteiger partial charge in [0.25, 0.3) is 0 Å². The highest BCUT2D eigenvalue weighted by Gasteiger charge is 2.59. The molecule has 1 N–H and O–H groups in total. The quantitative estimate of drug-likeness (QED) is 0.429. The van der Waals surface area contributed by atoms with Crippen molar-refractivity contribution < 1.29 is 14.3 Å². The number of fused-ring (bicyclic) bond motifs is 1. The van der Waals surface area contributed by atoms with E-state index in [0.717, 1.165) is 67.0 Å². The van der Waals surface area contributed by atoms with Crippen LogP contribution in [0.15, 0.2) is 54.7 Å². The molecule has 7 nitrogen and oxygen atoms in total. The van der Waals surface area contributed by atoms with Crippen LogP contribution in [0.2, 0.25) is 0 Å². The number of nitrogens with one attached hydrogen (secondary N) is 1. The summed E-state index contributed by atoms with van der Waals surface area (Å²) in [6.45, 7) is 5.90. The number of hydrogen-bond donors (Lipinski definition) is 1. The van der Waals surface area contributed by atoms with Crippen LogP contribution in [-0.2, 0) is 27.2 Å². The molecule has 1 atom stereocenters. The van der Waals surface area contributed by atoms with Crippen LogP contribution in [0.25, 0.3) is 0 Å². The van der Waals surface area contributed by atoms with E-state index in [1.54, 1.807) is 25.1 Å². The minimum Gasteiger partial charge on any atom is -0.466 e. The molecule has 0 radical (unpaired) electrons. The van der Waals surface area contributed by atoms with Gasteiger partial charge in [-0.3, -0.25) is 9.69 Å². The van der Waals surface area contributed by atoms with Crippen LogP contribution in [0.4, 0.5) is 5.82 Å². The highest BCUT2D eigenvalue weighted by molar-refractivity contribution is 5.95. The van der Waals surface area contributed by atoms with Gasteiger partial charge >= 0.3 is 0 Å². The number of aromatic nitrogens is 2. The maximum atomic E-state index is 14.0. The van der Waals surface area contributed by atoms with Crippen molar-refractivity contribution in [3.05, 3.63) is 65.9 Å². The molecule has 0 saturated heterocycles. The molecular formula is C33H42N4O3. The summed E-state index contributed by atoms with van der Waals surface area (Å²) >= 11 is 0. The van der Waals surface area contributed by atoms with Crippen molar-refractivity contribution in [1.82, 2.24) is 14.9 Å². The van der Waals surface area contributed by atoms with E-state index in [9.17, 15) is 4.79 Å². The second-order valence-corrected chi connectivity index (χ2v) is 13.7. The molecule has 0 aromatic carbocycles. The molecule has 8 rings (SSSR count). The number of hydrogen-bond acceptors (Lipinski definition) is 6. The third-order valence-corrected chi connectivity index (χ3v) is 11.0. The van der Waals surface area contributed by atoms with Gasteiger partial charge in [0, 0.05) is 24.1 Å². The van der Waals surface area contributed by atoms with Crippen molar-refractivity contribution in [2.24, 2.45) is 28.6 Å². The highest BCUT2D eigenvalue weighted by Crippen LogP contribution is 2.66. The van der Waals surface area contributed by atoms with Gasteiger partial charge in [-0.2, -0.15) is 0 Å². The number of allylic oxidation sites excluding steroid dienone is 3. The molecule has 2 aliphatic heterocycles. The Kier molecular flexibility index (Phi) is 6.61. The predicted octanol–water partition coefficient (Wildman–Crippen LogP) is 6.41. The number of carbonyl (C=O) groups is 1. The molecule has 4 fully saturated rings. The van der Waals surface area contributed by atoms with Gasteiger partial charge in [-0.1, -0.05) is 37.6 Å². The summed E-state index contributed by atoms with van der Waals surface area (Å²) in [6.07, 6.45) is 24.7. The lowest BCUT2D eigenvalue weighted by Gasteiger charge is -2.61. The zero-order valence-electron chi connectivity index (χ0n) is 23.9. The fourth-order valence-electron chi connectivity index (χ4n) is 9.04. The van der Waals surface area contributed by atoms with E-state index in [4.69, 9.17) is 14.5 Å². The molecule has 1 aromatic rings. The molecule has 0 spiro atoms. The Balaban J connectivity index is 1.10. The fraction of sp³-hybridized carbons (Fsp3) is 0.606. The number of rotatable bonds is 7. The van der Waals surface area contributed by atoms with Crippen LogP contribution < -0.4 is 5.32 Å². The SMILES string of the molecule is CC(C)(C(=O)Nc1ncnc2c1CCN(C(CC1=CC=CCC1)C1=COC=CO1)C2)C12CC3CC(CC(C3)C1)C2. The van der Waals surface area contributed by atoms with E-state index in [1.807, 2.05) is 0 Å². The molecule has 1 aromatic heterocycles. The summed E-state index contributed by atoms with van der Waals surface area (Å²) in [7, 11) is 0. The van der Waals surface area contributed by atoms with Crippen LogP contribution in [-0.4, -0.2) is 33.4 Å². The summed E-state index contributed by atoms with van der Waals surface area (Å²) in [5.41, 5.74) is 3.17. The average Bonchev–Trinajstić information content (AvgIpc) is 2.96. The monoisotopic (exact) mass is 542 g/mol. The number of nitrogens with zero attached hydrogens (tertiary/aromatic N) is 3. The van der Waals surface area contributed by atoms with Gasteiger partial charge in [0.15, 0.2) is 5.76 Å². The van der Waals surface area contributed by atoms with Gasteiger partial charge < -0.3 is 14.8 Å². The number of anilines is 1. The fourth-order valence-corrected chi connectivity index (χ4v) is 9.04. The standard InChI is InChI=1S/C33H42N4O3/c1-32(2,33-16-23-12-24(17-33)14-25(13-23)18-33)31(38)36-30-26-8-9-37(19-27(26)34-21-35-30)28(29-20-39-10-11-40-29)15-22-6-4-3-5-7-22/h3-4,6,10-11,20-21,23-25,28H,5,7-9,12-19H2,1-2H3,(H,34,35,36,38). The molecule has 1 amide bonds. The lowest BCUT2D eigenvalue weighted by molar-refractivity contribution is -0.151. The van der Waals surface area contributed by atoms with Gasteiger partial charge in [0.05, 0.1) is 11.7 Å². The van der Waals surface area contributed by atoms with E-state index in [0.29, 0.717) is 12.4 Å². The van der Waals surface area contributed by atoms with Gasteiger partial charge in [-0.15, -0.1) is 0 Å². The third-order valence-electron chi connectivity index (χ3n) is 11.0. The molecule has 4 bridgehead atoms. The molecule has 3 heterocycles. The minimum absolute atomic E-state index is 0.0545. The maximum absolute atomic E-state index is 14.0. The average molecular weight is 543 g/mol. The van der Waals surface area contributed by atoms with Crippen LogP contribution in [0.5, 0.6) is 0 Å². The maximum Gasteiger partial charge on any atom is 0.231 e. The molecule has 7 aliphatic rings. The van der Waals surface area contributed by atoms with E-state index in [1.165, 1.54) is 44.1 Å². The second kappa shape index (κ2) is 10.2. The van der Waals surface area contributed by atoms with Crippen LogP contribution >= 0.6 is 0 Å². The van der Waals surface area contributed by atoms with Crippen molar-refractivity contribution >= 4 is 11.7 Å². The molecule has 5 aliphatic carbocycles. The zero-order valence-corrected chi connectivity index (χ0v) is 23.9. The summed E-state index contributed by atoms with van der Waals surface area (Å²) in [5, 5.41) is 3.32. The van der Waals surface area contributed by atoms with Crippen LogP contribution in [0.3, 0.4) is 0 Å². The Morgan fingerprint density at radius 2 is 1.90 bits per heavy atom. The summed E-state index contributed by atoms with van der Waals surface area (Å²) in [5.74, 6) is 4.08. The Bertz CT molecular complexity index is 1260. The largest absolute Gasteiger partial charge is 0.466 e. The van der Waals surface area contributed by atoms with Gasteiger partial charge in [-0.05, 0) is 87.4 Å². The van der Waals surface area contributed by atoms with Crippen molar-refractivity contribution in [3.8, 4) is 0 Å². The molecule has 4 saturated carbocycles. The first-order valence-electron chi connectivity index (χ1n) is 15.3. The predicted molar refractivity (Wildman–Crippen MR) is 153 cm³/mol. The molecule has 40 heavy (non-hydrogen) atoms. The first kappa shape index (κ1) is 26.0. The lowest BCUT2D eigenvalue weighted by Crippen LogP contribution is -2.56. The zero-order chi connectivity index (χ0) is 27.3. The Hall–Kier alpha value is -2.93. The summed E-state index contributed by atoms with van der Waals surface area (Å²) in [6, 6.07) is 0.0545. The first-order chi connectivity index (χ1) is 19.4. The number of ether oxygens (including phenoxy) is 2. The van der Waals surface area contributed by atoms with Gasteiger partial charge in [0.1, 0.15) is 30.9 Å².